The summed E-state index contributed by atoms with van der Waals surface area (Å²) in [6, 6.07) is 0. The zero-order chi connectivity index (χ0) is 13.9. The largest absolute Gasteiger partial charge is 0.480 e. The number of terminal acetylenes is 1. The lowest BCUT2D eigenvalue weighted by Crippen LogP contribution is -2.53. The van der Waals surface area contributed by atoms with Crippen molar-refractivity contribution in [3.05, 3.63) is 0 Å². The van der Waals surface area contributed by atoms with Gasteiger partial charge in [-0.15, -0.1) is 6.42 Å². The molecule has 0 bridgehead atoms. The number of alkyl halides is 5. The van der Waals surface area contributed by atoms with Crippen molar-refractivity contribution in [2.75, 3.05) is 13.1 Å². The number of halogens is 5. The molecule has 0 heterocycles. The summed E-state index contributed by atoms with van der Waals surface area (Å²) in [6.45, 7) is -2.30. The topological polar surface area (TPSA) is 57.6 Å². The summed E-state index contributed by atoms with van der Waals surface area (Å²) in [4.78, 5) is 20.7. The van der Waals surface area contributed by atoms with Crippen molar-refractivity contribution < 1.29 is 36.6 Å². The number of hydrogen-bond acceptors (Lipinski definition) is 2. The highest BCUT2D eigenvalue weighted by Gasteiger charge is 2.64. The molecule has 0 spiro atoms. The van der Waals surface area contributed by atoms with E-state index in [4.69, 9.17) is 5.11 Å². The van der Waals surface area contributed by atoms with E-state index >= 15 is 0 Å². The quantitative estimate of drug-likeness (QED) is 0.598. The minimum Gasteiger partial charge on any atom is -0.480 e. The lowest BCUT2D eigenvalue weighted by atomic mass is 10.2. The van der Waals surface area contributed by atoms with Gasteiger partial charge in [0, 0.05) is 0 Å². The number of nitrogens with zero attached hydrogens (tertiary/aromatic N) is 1. The predicted molar refractivity (Wildman–Crippen MR) is 44.1 cm³/mol. The molecule has 0 aromatic heterocycles. The Morgan fingerprint density at radius 2 is 1.71 bits per heavy atom. The molecule has 1 amide bonds. The first-order chi connectivity index (χ1) is 7.54. The van der Waals surface area contributed by atoms with Crippen LogP contribution in [0.3, 0.4) is 0 Å². The highest BCUT2D eigenvalue weighted by atomic mass is 19.4. The average Bonchev–Trinajstić information content (AvgIpc) is 2.13. The molecule has 4 nitrogen and oxygen atoms in total. The lowest BCUT2D eigenvalue weighted by Gasteiger charge is -2.25. The molecule has 0 radical (unpaired) electrons. The molecule has 1 N–H and O–H groups in total. The van der Waals surface area contributed by atoms with E-state index in [9.17, 15) is 31.5 Å². The molecule has 0 rings (SSSR count). The second kappa shape index (κ2) is 4.99. The van der Waals surface area contributed by atoms with Crippen LogP contribution in [0, 0.1) is 12.3 Å². The van der Waals surface area contributed by atoms with Crippen molar-refractivity contribution in [1.82, 2.24) is 4.90 Å². The van der Waals surface area contributed by atoms with E-state index in [-0.39, 0.29) is 4.90 Å². The molecule has 96 valence electrons. The maximum Gasteiger partial charge on any atom is 0.463 e. The van der Waals surface area contributed by atoms with Crippen molar-refractivity contribution in [2.45, 2.75) is 12.1 Å². The standard InChI is InChI=1S/C8H6F5NO3/c1-2-3-14(4-5(15)16)6(17)7(9,10)8(11,12)13/h1H,3-4H2,(H,15,16). The minimum absolute atomic E-state index is 0.268. The van der Waals surface area contributed by atoms with Crippen LogP contribution < -0.4 is 0 Å². The lowest BCUT2D eigenvalue weighted by molar-refractivity contribution is -0.274. The highest BCUT2D eigenvalue weighted by molar-refractivity contribution is 5.87. The molecule has 0 saturated carbocycles. The molecule has 0 atom stereocenters. The molecule has 0 fully saturated rings. The molecule has 9 heteroatoms. The maximum absolute atomic E-state index is 12.6. The molecule has 0 aliphatic heterocycles. The molecule has 0 aliphatic carbocycles. The first-order valence-electron chi connectivity index (χ1n) is 3.93. The number of amides is 1. The first kappa shape index (κ1) is 15.2. The van der Waals surface area contributed by atoms with E-state index in [1.807, 2.05) is 0 Å². The Hall–Kier alpha value is -1.85. The van der Waals surface area contributed by atoms with Gasteiger partial charge in [0.15, 0.2) is 0 Å². The van der Waals surface area contributed by atoms with Crippen LogP contribution in [0.2, 0.25) is 0 Å². The number of aliphatic carboxylic acids is 1. The van der Waals surface area contributed by atoms with Crippen molar-refractivity contribution in [3.63, 3.8) is 0 Å². The van der Waals surface area contributed by atoms with Crippen molar-refractivity contribution in [2.24, 2.45) is 0 Å². The van der Waals surface area contributed by atoms with Gasteiger partial charge in [-0.1, -0.05) is 5.92 Å². The van der Waals surface area contributed by atoms with Crippen molar-refractivity contribution in [1.29, 1.82) is 0 Å². The number of hydrogen-bond donors (Lipinski definition) is 1. The number of carboxylic acid groups (broad SMARTS) is 1. The summed E-state index contributed by atoms with van der Waals surface area (Å²) in [5.74, 6) is -8.50. The van der Waals surface area contributed by atoms with Crippen molar-refractivity contribution >= 4 is 11.9 Å². The number of carboxylic acids is 1. The molecular weight excluding hydrogens is 253 g/mol. The van der Waals surface area contributed by atoms with Gasteiger partial charge < -0.3 is 10.0 Å². The molecule has 17 heavy (non-hydrogen) atoms. The Balaban J connectivity index is 5.09. The van der Waals surface area contributed by atoms with Gasteiger partial charge in [0.2, 0.25) is 0 Å². The fourth-order valence-corrected chi connectivity index (χ4v) is 0.793. The van der Waals surface area contributed by atoms with E-state index in [0.29, 0.717) is 0 Å². The second-order valence-corrected chi connectivity index (χ2v) is 2.83. The summed E-state index contributed by atoms with van der Waals surface area (Å²) in [6.07, 6.45) is -1.47. The van der Waals surface area contributed by atoms with Crippen LogP contribution >= 0.6 is 0 Å². The third-order valence-electron chi connectivity index (χ3n) is 1.52. The number of carbonyl (C=O) groups excluding carboxylic acids is 1. The first-order valence-corrected chi connectivity index (χ1v) is 3.93. The minimum atomic E-state index is -6.10. The van der Waals surface area contributed by atoms with Gasteiger partial charge in [-0.3, -0.25) is 9.59 Å². The van der Waals surface area contributed by atoms with Crippen LogP contribution in [0.5, 0.6) is 0 Å². The smallest absolute Gasteiger partial charge is 0.463 e. The van der Waals surface area contributed by atoms with Gasteiger partial charge in [0.25, 0.3) is 0 Å². The van der Waals surface area contributed by atoms with E-state index in [1.165, 1.54) is 0 Å². The third-order valence-corrected chi connectivity index (χ3v) is 1.52. The number of carbonyl (C=O) groups is 2. The Morgan fingerprint density at radius 1 is 1.24 bits per heavy atom. The summed E-state index contributed by atoms with van der Waals surface area (Å²) >= 11 is 0. The van der Waals surface area contributed by atoms with E-state index in [1.54, 1.807) is 5.92 Å². The molecule has 0 aromatic rings. The number of rotatable bonds is 4. The van der Waals surface area contributed by atoms with E-state index < -0.39 is 37.1 Å². The van der Waals surface area contributed by atoms with Crippen LogP contribution in [0.4, 0.5) is 22.0 Å². The van der Waals surface area contributed by atoms with Crippen LogP contribution in [0.1, 0.15) is 0 Å². The third kappa shape index (κ3) is 3.58. The Morgan fingerprint density at radius 3 is 2.00 bits per heavy atom. The summed E-state index contributed by atoms with van der Waals surface area (Å²) in [5, 5.41) is 8.24. The molecule has 0 unspecified atom stereocenters. The fourth-order valence-electron chi connectivity index (χ4n) is 0.793. The molecule has 0 aliphatic rings. The van der Waals surface area contributed by atoms with Crippen LogP contribution in [0.15, 0.2) is 0 Å². The molecular formula is C8H6F5NO3. The average molecular weight is 259 g/mol. The molecule has 0 aromatic carbocycles. The van der Waals surface area contributed by atoms with Gasteiger partial charge in [-0.25, -0.2) is 0 Å². The Kier molecular flexibility index (Phi) is 4.44. The predicted octanol–water partition coefficient (Wildman–Crippen LogP) is 0.730. The SMILES string of the molecule is C#CCN(CC(=O)O)C(=O)C(F)(F)C(F)(F)F. The van der Waals surface area contributed by atoms with Gasteiger partial charge in [0.1, 0.15) is 6.54 Å². The summed E-state index contributed by atoms with van der Waals surface area (Å²) in [7, 11) is 0. The van der Waals surface area contributed by atoms with Gasteiger partial charge >= 0.3 is 24.0 Å². The van der Waals surface area contributed by atoms with Gasteiger partial charge in [-0.05, 0) is 0 Å². The zero-order valence-corrected chi connectivity index (χ0v) is 8.09. The maximum atomic E-state index is 12.6. The van der Waals surface area contributed by atoms with Crippen LogP contribution in [-0.2, 0) is 9.59 Å². The van der Waals surface area contributed by atoms with E-state index in [2.05, 4.69) is 6.42 Å². The van der Waals surface area contributed by atoms with Gasteiger partial charge in [-0.2, -0.15) is 22.0 Å². The van der Waals surface area contributed by atoms with Gasteiger partial charge in [0.05, 0.1) is 6.54 Å². The van der Waals surface area contributed by atoms with Crippen LogP contribution in [-0.4, -0.2) is 47.1 Å². The zero-order valence-electron chi connectivity index (χ0n) is 8.09. The highest BCUT2D eigenvalue weighted by Crippen LogP contribution is 2.36. The Bertz CT molecular complexity index is 357. The van der Waals surface area contributed by atoms with Crippen LogP contribution in [0.25, 0.3) is 0 Å². The van der Waals surface area contributed by atoms with Crippen molar-refractivity contribution in [3.8, 4) is 12.3 Å². The Labute approximate surface area is 92.0 Å². The molecule has 0 saturated heterocycles. The normalized spacial score (nSPS) is 11.8. The monoisotopic (exact) mass is 259 g/mol. The summed E-state index contributed by atoms with van der Waals surface area (Å²) < 4.78 is 60.6. The van der Waals surface area contributed by atoms with E-state index in [0.717, 1.165) is 0 Å². The fraction of sp³-hybridized carbons (Fsp3) is 0.500. The second-order valence-electron chi connectivity index (χ2n) is 2.83. The summed E-state index contributed by atoms with van der Waals surface area (Å²) in [5.41, 5.74) is 0.